The van der Waals surface area contributed by atoms with Gasteiger partial charge < -0.3 is 10.2 Å². The maximum absolute atomic E-state index is 13.5. The molecule has 1 aliphatic heterocycles. The zero-order valence-electron chi connectivity index (χ0n) is 20.5. The topological polar surface area (TPSA) is 95.6 Å². The fraction of sp³-hybridized carbons (Fsp3) is 0.310. The number of hydrogen-bond acceptors (Lipinski definition) is 4. The SMILES string of the molecule is O=C1CN(C(=O)C2CCC(NS(=O)(=O)c3ccc(-c4ccccc4)cc3)CC2)C(c2ccccc2)CN1. The van der Waals surface area contributed by atoms with E-state index in [1.807, 2.05) is 72.8 Å². The molecule has 1 unspecified atom stereocenters. The number of nitrogens with one attached hydrogen (secondary N) is 2. The maximum atomic E-state index is 13.5. The normalized spacial score (nSPS) is 22.3. The lowest BCUT2D eigenvalue weighted by molar-refractivity contribution is -0.145. The van der Waals surface area contributed by atoms with Gasteiger partial charge in [-0.1, -0.05) is 72.8 Å². The molecule has 37 heavy (non-hydrogen) atoms. The first-order valence-corrected chi connectivity index (χ1v) is 14.2. The zero-order chi connectivity index (χ0) is 25.8. The van der Waals surface area contributed by atoms with E-state index in [1.165, 1.54) is 0 Å². The van der Waals surface area contributed by atoms with Gasteiger partial charge in [0.2, 0.25) is 21.8 Å². The molecule has 2 fully saturated rings. The van der Waals surface area contributed by atoms with E-state index in [9.17, 15) is 18.0 Å². The van der Waals surface area contributed by atoms with E-state index >= 15 is 0 Å². The molecule has 1 saturated carbocycles. The quantitative estimate of drug-likeness (QED) is 0.519. The van der Waals surface area contributed by atoms with Crippen LogP contribution in [0.1, 0.15) is 37.3 Å². The number of rotatable bonds is 6. The molecule has 0 spiro atoms. The molecule has 0 aromatic heterocycles. The van der Waals surface area contributed by atoms with Gasteiger partial charge in [-0.15, -0.1) is 0 Å². The summed E-state index contributed by atoms with van der Waals surface area (Å²) < 4.78 is 28.9. The Hall–Kier alpha value is -3.49. The molecule has 1 saturated heterocycles. The highest BCUT2D eigenvalue weighted by molar-refractivity contribution is 7.89. The van der Waals surface area contributed by atoms with Gasteiger partial charge in [0.15, 0.2) is 0 Å². The van der Waals surface area contributed by atoms with Crippen molar-refractivity contribution in [3.8, 4) is 11.1 Å². The van der Waals surface area contributed by atoms with E-state index in [2.05, 4.69) is 10.0 Å². The molecule has 1 aliphatic carbocycles. The minimum absolute atomic E-state index is 0.0264. The molecule has 1 heterocycles. The van der Waals surface area contributed by atoms with E-state index in [1.54, 1.807) is 17.0 Å². The van der Waals surface area contributed by atoms with Crippen molar-refractivity contribution in [2.75, 3.05) is 13.1 Å². The third kappa shape index (κ3) is 5.76. The summed E-state index contributed by atoms with van der Waals surface area (Å²) >= 11 is 0. The summed E-state index contributed by atoms with van der Waals surface area (Å²) in [5.41, 5.74) is 2.98. The minimum Gasteiger partial charge on any atom is -0.352 e. The standard InChI is InChI=1S/C29H31N3O4S/c33-28-20-32(27(19-30-28)23-9-5-2-6-10-23)29(34)24-11-15-25(16-12-24)31-37(35,36)26-17-13-22(14-18-26)21-7-3-1-4-8-21/h1-10,13-14,17-18,24-25,27,31H,11-12,15-16,19-20H2,(H,30,33). The van der Waals surface area contributed by atoms with E-state index in [-0.39, 0.29) is 41.3 Å². The van der Waals surface area contributed by atoms with Crippen LogP contribution in [0.2, 0.25) is 0 Å². The van der Waals surface area contributed by atoms with Crippen LogP contribution in [0, 0.1) is 5.92 Å². The lowest BCUT2D eigenvalue weighted by Gasteiger charge is -2.39. The second-order valence-electron chi connectivity index (χ2n) is 9.76. The van der Waals surface area contributed by atoms with Crippen molar-refractivity contribution >= 4 is 21.8 Å². The number of piperazine rings is 1. The van der Waals surface area contributed by atoms with Gasteiger partial charge in [0.25, 0.3) is 0 Å². The Kier molecular flexibility index (Phi) is 7.39. The Morgan fingerprint density at radius 3 is 2.05 bits per heavy atom. The molecule has 8 heteroatoms. The summed E-state index contributed by atoms with van der Waals surface area (Å²) in [6.07, 6.45) is 2.32. The zero-order valence-corrected chi connectivity index (χ0v) is 21.4. The van der Waals surface area contributed by atoms with Crippen molar-refractivity contribution in [3.63, 3.8) is 0 Å². The molecule has 2 amide bonds. The van der Waals surface area contributed by atoms with Crippen LogP contribution in [0.3, 0.4) is 0 Å². The Morgan fingerprint density at radius 2 is 1.41 bits per heavy atom. The van der Waals surface area contributed by atoms with Crippen LogP contribution in [0.4, 0.5) is 0 Å². The van der Waals surface area contributed by atoms with E-state index < -0.39 is 10.0 Å². The van der Waals surface area contributed by atoms with E-state index in [0.29, 0.717) is 32.2 Å². The summed E-state index contributed by atoms with van der Waals surface area (Å²) in [6, 6.07) is 26.0. The molecule has 3 aromatic carbocycles. The van der Waals surface area contributed by atoms with Crippen molar-refractivity contribution in [2.24, 2.45) is 5.92 Å². The number of carbonyl (C=O) groups is 2. The van der Waals surface area contributed by atoms with Crippen molar-refractivity contribution < 1.29 is 18.0 Å². The number of nitrogens with zero attached hydrogens (tertiary/aromatic N) is 1. The number of amides is 2. The second kappa shape index (κ2) is 10.9. The first-order chi connectivity index (χ1) is 17.9. The van der Waals surface area contributed by atoms with E-state index in [0.717, 1.165) is 16.7 Å². The molecule has 3 aromatic rings. The average molecular weight is 518 g/mol. The van der Waals surface area contributed by atoms with Gasteiger partial charge >= 0.3 is 0 Å². The van der Waals surface area contributed by atoms with Gasteiger partial charge in [0.1, 0.15) is 6.54 Å². The van der Waals surface area contributed by atoms with Crippen LogP contribution in [0.15, 0.2) is 89.8 Å². The molecular formula is C29H31N3O4S. The highest BCUT2D eigenvalue weighted by Crippen LogP contribution is 2.31. The molecule has 0 radical (unpaired) electrons. The Labute approximate surface area is 217 Å². The predicted octanol–water partition coefficient (Wildman–Crippen LogP) is 3.89. The first-order valence-electron chi connectivity index (χ1n) is 12.7. The van der Waals surface area contributed by atoms with Crippen molar-refractivity contribution in [1.29, 1.82) is 0 Å². The molecular weight excluding hydrogens is 486 g/mol. The summed E-state index contributed by atoms with van der Waals surface area (Å²) in [7, 11) is -3.67. The molecule has 7 nitrogen and oxygen atoms in total. The molecule has 192 valence electrons. The first kappa shape index (κ1) is 25.2. The Bertz CT molecular complexity index is 1340. The smallest absolute Gasteiger partial charge is 0.240 e. The Balaban J connectivity index is 1.20. The predicted molar refractivity (Wildman–Crippen MR) is 142 cm³/mol. The number of sulfonamides is 1. The van der Waals surface area contributed by atoms with Crippen LogP contribution in [-0.2, 0) is 19.6 Å². The fourth-order valence-corrected chi connectivity index (χ4v) is 6.59. The average Bonchev–Trinajstić information content (AvgIpc) is 2.94. The summed E-state index contributed by atoms with van der Waals surface area (Å²) in [5, 5.41) is 2.87. The number of hydrogen-bond donors (Lipinski definition) is 2. The lowest BCUT2D eigenvalue weighted by Crippen LogP contribution is -2.54. The summed E-state index contributed by atoms with van der Waals surface area (Å²) in [5.74, 6) is -0.398. The van der Waals surface area contributed by atoms with Crippen molar-refractivity contribution in [3.05, 3.63) is 90.5 Å². The van der Waals surface area contributed by atoms with Crippen LogP contribution in [0.5, 0.6) is 0 Å². The van der Waals surface area contributed by atoms with Crippen LogP contribution < -0.4 is 10.0 Å². The van der Waals surface area contributed by atoms with Gasteiger partial charge in [0.05, 0.1) is 10.9 Å². The molecule has 5 rings (SSSR count). The van der Waals surface area contributed by atoms with Gasteiger partial charge in [-0.25, -0.2) is 13.1 Å². The molecule has 0 bridgehead atoms. The number of benzene rings is 3. The summed E-state index contributed by atoms with van der Waals surface area (Å²) in [6.45, 7) is 0.441. The van der Waals surface area contributed by atoms with Crippen molar-refractivity contribution in [1.82, 2.24) is 14.9 Å². The van der Waals surface area contributed by atoms with E-state index in [4.69, 9.17) is 0 Å². The van der Waals surface area contributed by atoms with Gasteiger partial charge in [0, 0.05) is 18.5 Å². The molecule has 2 aliphatic rings. The minimum atomic E-state index is -3.67. The van der Waals surface area contributed by atoms with Crippen molar-refractivity contribution in [2.45, 2.75) is 42.7 Å². The third-order valence-corrected chi connectivity index (χ3v) is 8.86. The lowest BCUT2D eigenvalue weighted by atomic mass is 9.85. The summed E-state index contributed by atoms with van der Waals surface area (Å²) in [4.78, 5) is 27.5. The van der Waals surface area contributed by atoms with Crippen LogP contribution in [-0.4, -0.2) is 44.3 Å². The third-order valence-electron chi connectivity index (χ3n) is 7.32. The van der Waals surface area contributed by atoms with Gasteiger partial charge in [-0.2, -0.15) is 0 Å². The second-order valence-corrected chi connectivity index (χ2v) is 11.5. The highest BCUT2D eigenvalue weighted by Gasteiger charge is 2.37. The van der Waals surface area contributed by atoms with Gasteiger partial charge in [-0.3, -0.25) is 9.59 Å². The van der Waals surface area contributed by atoms with Gasteiger partial charge in [-0.05, 0) is 54.5 Å². The molecule has 2 N–H and O–H groups in total. The van der Waals surface area contributed by atoms with Crippen LogP contribution >= 0.6 is 0 Å². The Morgan fingerprint density at radius 1 is 0.811 bits per heavy atom. The highest BCUT2D eigenvalue weighted by atomic mass is 32.2. The molecule has 1 atom stereocenters. The number of carbonyl (C=O) groups excluding carboxylic acids is 2. The fourth-order valence-electron chi connectivity index (χ4n) is 5.28. The largest absolute Gasteiger partial charge is 0.352 e. The van der Waals surface area contributed by atoms with Crippen LogP contribution in [0.25, 0.3) is 11.1 Å². The maximum Gasteiger partial charge on any atom is 0.240 e. The monoisotopic (exact) mass is 517 g/mol.